The van der Waals surface area contributed by atoms with Gasteiger partial charge in [0.1, 0.15) is 0 Å². The molecule has 3 nitrogen and oxygen atoms in total. The number of aromatic nitrogens is 3. The van der Waals surface area contributed by atoms with Gasteiger partial charge in [0.05, 0.1) is 33.5 Å². The summed E-state index contributed by atoms with van der Waals surface area (Å²) < 4.78 is 4.85. The molecule has 0 aliphatic rings. The van der Waals surface area contributed by atoms with Gasteiger partial charge in [-0.1, -0.05) is 133 Å². The Labute approximate surface area is 290 Å². The zero-order valence-electron chi connectivity index (χ0n) is 27.2. The lowest BCUT2D eigenvalue weighted by molar-refractivity contribution is 1.17. The van der Waals surface area contributed by atoms with E-state index in [1.54, 1.807) is 0 Å². The van der Waals surface area contributed by atoms with Gasteiger partial charge in [-0.15, -0.1) is 0 Å². The summed E-state index contributed by atoms with van der Waals surface area (Å²) in [4.78, 5) is 5.10. The molecule has 3 aromatic heterocycles. The third kappa shape index (κ3) is 4.48. The van der Waals surface area contributed by atoms with Crippen LogP contribution in [-0.2, 0) is 0 Å². The lowest BCUT2D eigenvalue weighted by Gasteiger charge is -2.13. The van der Waals surface area contributed by atoms with Gasteiger partial charge in [0.15, 0.2) is 0 Å². The summed E-state index contributed by atoms with van der Waals surface area (Å²) in [5, 5.41) is 5.01. The maximum absolute atomic E-state index is 5.10. The summed E-state index contributed by atoms with van der Waals surface area (Å²) >= 11 is 0. The average molecular weight is 638 g/mol. The van der Waals surface area contributed by atoms with Gasteiger partial charge in [0.2, 0.25) is 0 Å². The fourth-order valence-electron chi connectivity index (χ4n) is 7.65. The number of nitrogens with zero attached hydrogens (tertiary/aromatic N) is 3. The smallest absolute Gasteiger partial charge is 0.0715 e. The van der Waals surface area contributed by atoms with E-state index in [0.29, 0.717) is 0 Å². The minimum atomic E-state index is 0.964. The van der Waals surface area contributed by atoms with Gasteiger partial charge in [-0.2, -0.15) is 0 Å². The van der Waals surface area contributed by atoms with Crippen LogP contribution in [0.2, 0.25) is 0 Å². The summed E-state index contributed by atoms with van der Waals surface area (Å²) in [6.07, 6.45) is 0. The maximum atomic E-state index is 5.10. The summed E-state index contributed by atoms with van der Waals surface area (Å²) in [5.74, 6) is 0. The van der Waals surface area contributed by atoms with Crippen molar-refractivity contribution < 1.29 is 0 Å². The summed E-state index contributed by atoms with van der Waals surface area (Å²) in [7, 11) is 0. The second-order valence-corrected chi connectivity index (χ2v) is 12.8. The molecular formula is C47H31N3. The molecule has 50 heavy (non-hydrogen) atoms. The quantitative estimate of drug-likeness (QED) is 0.184. The van der Waals surface area contributed by atoms with Gasteiger partial charge in [0.25, 0.3) is 0 Å². The molecule has 0 N–H and O–H groups in total. The largest absolute Gasteiger partial charge is 0.309 e. The predicted molar refractivity (Wildman–Crippen MR) is 209 cm³/mol. The first-order valence-electron chi connectivity index (χ1n) is 17.1. The molecule has 0 aliphatic heterocycles. The van der Waals surface area contributed by atoms with Crippen LogP contribution in [0.3, 0.4) is 0 Å². The molecular weight excluding hydrogens is 607 g/mol. The van der Waals surface area contributed by atoms with Crippen molar-refractivity contribution >= 4 is 43.6 Å². The molecule has 0 unspecified atom stereocenters. The van der Waals surface area contributed by atoms with Crippen LogP contribution in [0, 0.1) is 0 Å². The highest BCUT2D eigenvalue weighted by Crippen LogP contribution is 2.42. The molecule has 3 heteroatoms. The van der Waals surface area contributed by atoms with Crippen molar-refractivity contribution in [1.29, 1.82) is 0 Å². The Morgan fingerprint density at radius 1 is 0.320 bits per heavy atom. The van der Waals surface area contributed by atoms with Gasteiger partial charge < -0.3 is 9.13 Å². The van der Waals surface area contributed by atoms with Crippen molar-refractivity contribution in [2.45, 2.75) is 0 Å². The van der Waals surface area contributed by atoms with E-state index in [1.807, 2.05) is 12.1 Å². The molecule has 10 rings (SSSR count). The Balaban J connectivity index is 1.20. The van der Waals surface area contributed by atoms with Gasteiger partial charge in [-0.05, 0) is 65.7 Å². The molecule has 10 aromatic rings. The van der Waals surface area contributed by atoms with E-state index in [9.17, 15) is 0 Å². The highest BCUT2D eigenvalue weighted by Gasteiger charge is 2.20. The number of para-hydroxylation sites is 3. The van der Waals surface area contributed by atoms with E-state index >= 15 is 0 Å². The SMILES string of the molecule is c1ccc(-c2cc(-c3ccc(-n4c5ccccc5c5ccc6c(c7ccccc7n6-c6ccccc6)c54)cc3)cc(-c3ccccc3)n2)cc1. The Bertz CT molecular complexity index is 2770. The van der Waals surface area contributed by atoms with Crippen molar-refractivity contribution in [3.05, 3.63) is 188 Å². The molecule has 0 aliphatic carbocycles. The lowest BCUT2D eigenvalue weighted by atomic mass is 10.00. The van der Waals surface area contributed by atoms with Crippen molar-refractivity contribution in [2.24, 2.45) is 0 Å². The topological polar surface area (TPSA) is 22.8 Å². The number of pyridine rings is 1. The van der Waals surface area contributed by atoms with Crippen LogP contribution in [0.1, 0.15) is 0 Å². The Morgan fingerprint density at radius 2 is 0.840 bits per heavy atom. The standard InChI is InChI=1S/C47H31N3/c1-4-14-33(15-5-1)41-30-35(31-42(48-41)34-16-6-2-7-17-34)32-24-26-37(27-25-32)50-43-22-12-10-20-38(43)39-28-29-45-46(47(39)50)40-21-11-13-23-44(40)49(45)36-18-8-3-9-19-36/h1-31H. The molecule has 3 heterocycles. The molecule has 0 atom stereocenters. The van der Waals surface area contributed by atoms with Crippen LogP contribution in [0.25, 0.3) is 88.6 Å². The second-order valence-electron chi connectivity index (χ2n) is 12.8. The van der Waals surface area contributed by atoms with E-state index in [1.165, 1.54) is 43.6 Å². The molecule has 234 valence electrons. The zero-order valence-corrected chi connectivity index (χ0v) is 27.2. The van der Waals surface area contributed by atoms with Crippen molar-refractivity contribution in [1.82, 2.24) is 14.1 Å². The molecule has 0 saturated heterocycles. The van der Waals surface area contributed by atoms with E-state index in [0.717, 1.165) is 45.0 Å². The number of hydrogen-bond donors (Lipinski definition) is 0. The fourth-order valence-corrected chi connectivity index (χ4v) is 7.65. The van der Waals surface area contributed by atoms with Crippen LogP contribution in [-0.4, -0.2) is 14.1 Å². The highest BCUT2D eigenvalue weighted by atomic mass is 15.0. The van der Waals surface area contributed by atoms with Crippen LogP contribution in [0.15, 0.2) is 188 Å². The predicted octanol–water partition coefficient (Wildman–Crippen LogP) is 12.3. The maximum Gasteiger partial charge on any atom is 0.0715 e. The summed E-state index contributed by atoms with van der Waals surface area (Å²) in [6, 6.07) is 67.2. The molecule has 7 aromatic carbocycles. The van der Waals surface area contributed by atoms with Crippen LogP contribution in [0.5, 0.6) is 0 Å². The van der Waals surface area contributed by atoms with E-state index in [2.05, 4.69) is 185 Å². The van der Waals surface area contributed by atoms with Crippen LogP contribution < -0.4 is 0 Å². The second kappa shape index (κ2) is 11.5. The molecule has 0 fully saturated rings. The van der Waals surface area contributed by atoms with Gasteiger partial charge in [-0.3, -0.25) is 0 Å². The number of hydrogen-bond acceptors (Lipinski definition) is 1. The summed E-state index contributed by atoms with van der Waals surface area (Å²) in [6.45, 7) is 0. The third-order valence-corrected chi connectivity index (χ3v) is 9.91. The average Bonchev–Trinajstić information content (AvgIpc) is 3.72. The number of rotatable bonds is 5. The Kier molecular flexibility index (Phi) is 6.49. The summed E-state index contributed by atoms with van der Waals surface area (Å²) in [5.41, 5.74) is 13.5. The molecule has 0 radical (unpaired) electrons. The van der Waals surface area contributed by atoms with Crippen LogP contribution in [0.4, 0.5) is 0 Å². The molecule has 0 saturated carbocycles. The molecule has 0 bridgehead atoms. The highest BCUT2D eigenvalue weighted by molar-refractivity contribution is 6.26. The first kappa shape index (κ1) is 28.3. The normalized spacial score (nSPS) is 11.6. The minimum Gasteiger partial charge on any atom is -0.309 e. The molecule has 0 amide bonds. The minimum absolute atomic E-state index is 0.964. The van der Waals surface area contributed by atoms with Gasteiger partial charge in [-0.25, -0.2) is 4.98 Å². The van der Waals surface area contributed by atoms with Crippen LogP contribution >= 0.6 is 0 Å². The Hall–Kier alpha value is -6.71. The van der Waals surface area contributed by atoms with Gasteiger partial charge >= 0.3 is 0 Å². The lowest BCUT2D eigenvalue weighted by Crippen LogP contribution is -1.96. The van der Waals surface area contributed by atoms with Crippen molar-refractivity contribution in [3.8, 4) is 45.0 Å². The first-order valence-corrected chi connectivity index (χ1v) is 17.1. The molecule has 0 spiro atoms. The zero-order chi connectivity index (χ0) is 33.0. The van der Waals surface area contributed by atoms with Crippen molar-refractivity contribution in [3.63, 3.8) is 0 Å². The Morgan fingerprint density at radius 3 is 1.48 bits per heavy atom. The van der Waals surface area contributed by atoms with Crippen molar-refractivity contribution in [2.75, 3.05) is 0 Å². The van der Waals surface area contributed by atoms with Gasteiger partial charge in [0, 0.05) is 44.0 Å². The fraction of sp³-hybridized carbons (Fsp3) is 0. The number of fused-ring (bicyclic) bond motifs is 7. The van der Waals surface area contributed by atoms with E-state index in [4.69, 9.17) is 4.98 Å². The first-order chi connectivity index (χ1) is 24.8. The van der Waals surface area contributed by atoms with E-state index < -0.39 is 0 Å². The van der Waals surface area contributed by atoms with E-state index in [-0.39, 0.29) is 0 Å². The number of benzene rings is 7. The monoisotopic (exact) mass is 637 g/mol. The third-order valence-electron chi connectivity index (χ3n) is 9.91.